The number of methoxy groups -OCH3 is 1. The maximum Gasteiger partial charge on any atom is 0.330 e. The van der Waals surface area contributed by atoms with E-state index in [1.54, 1.807) is 0 Å². The number of H-pyrrole nitrogens is 1. The number of rotatable bonds is 4. The molecule has 0 bridgehead atoms. The van der Waals surface area contributed by atoms with E-state index < -0.39 is 41.1 Å². The van der Waals surface area contributed by atoms with Gasteiger partial charge in [-0.2, -0.15) is 0 Å². The lowest BCUT2D eigenvalue weighted by Gasteiger charge is -2.33. The molecule has 3 aliphatic rings. The second-order valence-electron chi connectivity index (χ2n) is 6.92. The zero-order valence-electron chi connectivity index (χ0n) is 14.0. The Morgan fingerprint density at radius 2 is 2.08 bits per heavy atom. The average molecular weight is 354 g/mol. The Morgan fingerprint density at radius 1 is 1.32 bits per heavy atom. The van der Waals surface area contributed by atoms with Gasteiger partial charge in [0, 0.05) is 32.2 Å². The predicted molar refractivity (Wildman–Crippen MR) is 84.1 cm³/mol. The van der Waals surface area contributed by atoms with E-state index in [2.05, 4.69) is 4.98 Å². The van der Waals surface area contributed by atoms with E-state index in [9.17, 15) is 14.7 Å². The summed E-state index contributed by atoms with van der Waals surface area (Å²) in [5.74, 6) is -0.697. The fraction of sp³-hybridized carbons (Fsp3) is 0.750. The molecule has 9 heteroatoms. The highest BCUT2D eigenvalue weighted by molar-refractivity contribution is 5.08. The first-order chi connectivity index (χ1) is 12.0. The van der Waals surface area contributed by atoms with Crippen molar-refractivity contribution in [3.05, 3.63) is 33.1 Å². The molecule has 2 saturated heterocycles. The molecule has 9 nitrogen and oxygen atoms in total. The molecule has 25 heavy (non-hydrogen) atoms. The summed E-state index contributed by atoms with van der Waals surface area (Å²) in [6.45, 7) is -0.241. The van der Waals surface area contributed by atoms with Crippen molar-refractivity contribution in [2.45, 2.75) is 55.5 Å². The molecule has 4 rings (SSSR count). The molecular formula is C16H22N2O7. The third kappa shape index (κ3) is 2.58. The number of aromatic amines is 1. The molecule has 0 unspecified atom stereocenters. The van der Waals surface area contributed by atoms with Crippen LogP contribution in [0, 0.1) is 0 Å². The molecule has 1 aromatic heterocycles. The van der Waals surface area contributed by atoms with Crippen molar-refractivity contribution in [1.82, 2.24) is 9.55 Å². The summed E-state index contributed by atoms with van der Waals surface area (Å²) >= 11 is 0. The summed E-state index contributed by atoms with van der Waals surface area (Å²) in [4.78, 5) is 25.8. The lowest BCUT2D eigenvalue weighted by Crippen LogP contribution is -2.50. The van der Waals surface area contributed by atoms with Gasteiger partial charge in [0.05, 0.1) is 13.2 Å². The second-order valence-corrected chi connectivity index (χ2v) is 6.92. The zero-order chi connectivity index (χ0) is 17.7. The highest BCUT2D eigenvalue weighted by atomic mass is 16.8. The molecule has 0 aromatic carbocycles. The fourth-order valence-electron chi connectivity index (χ4n) is 4.15. The lowest BCUT2D eigenvalue weighted by atomic mass is 9.97. The van der Waals surface area contributed by atoms with Gasteiger partial charge in [0.15, 0.2) is 12.0 Å². The van der Waals surface area contributed by atoms with Crippen molar-refractivity contribution in [1.29, 1.82) is 0 Å². The van der Waals surface area contributed by atoms with Crippen LogP contribution in [0.2, 0.25) is 0 Å². The summed E-state index contributed by atoms with van der Waals surface area (Å²) in [7, 11) is 1.51. The molecule has 0 amide bonds. The number of hydrogen-bond donors (Lipinski definition) is 2. The van der Waals surface area contributed by atoms with Gasteiger partial charge in [-0.25, -0.2) is 4.79 Å². The molecule has 3 fully saturated rings. The summed E-state index contributed by atoms with van der Waals surface area (Å²) in [6, 6.07) is 1.25. The van der Waals surface area contributed by atoms with Crippen molar-refractivity contribution < 1.29 is 24.1 Å². The number of ether oxygens (including phenoxy) is 4. The van der Waals surface area contributed by atoms with Gasteiger partial charge in [0.2, 0.25) is 0 Å². The van der Waals surface area contributed by atoms with Gasteiger partial charge in [0.25, 0.3) is 5.56 Å². The van der Waals surface area contributed by atoms with E-state index in [0.717, 1.165) is 25.7 Å². The minimum Gasteiger partial charge on any atom is -0.393 e. The summed E-state index contributed by atoms with van der Waals surface area (Å²) in [6.07, 6.45) is 2.93. The number of aromatic nitrogens is 2. The molecule has 138 valence electrons. The van der Waals surface area contributed by atoms with Crippen LogP contribution >= 0.6 is 0 Å². The van der Waals surface area contributed by atoms with E-state index in [0.29, 0.717) is 0 Å². The van der Waals surface area contributed by atoms with E-state index in [4.69, 9.17) is 18.9 Å². The maximum atomic E-state index is 12.2. The lowest BCUT2D eigenvalue weighted by molar-refractivity contribution is -0.247. The summed E-state index contributed by atoms with van der Waals surface area (Å²) in [5, 5.41) is 10.0. The first kappa shape index (κ1) is 16.9. The SMILES string of the molecule is COC[C@]1(CO)O[C@@H](n2ccc(=O)[nH]c2=O)[C@@H]2OC3(CCCC3)O[C@@H]21. The Balaban J connectivity index is 1.75. The Morgan fingerprint density at radius 3 is 2.72 bits per heavy atom. The van der Waals surface area contributed by atoms with Crippen molar-refractivity contribution in [3.63, 3.8) is 0 Å². The summed E-state index contributed by atoms with van der Waals surface area (Å²) in [5.41, 5.74) is -2.22. The molecule has 0 radical (unpaired) electrons. The van der Waals surface area contributed by atoms with Crippen molar-refractivity contribution >= 4 is 0 Å². The van der Waals surface area contributed by atoms with E-state index in [1.807, 2.05) is 0 Å². The molecule has 4 atom stereocenters. The van der Waals surface area contributed by atoms with Crippen LogP contribution in [0.15, 0.2) is 21.9 Å². The largest absolute Gasteiger partial charge is 0.393 e. The third-order valence-corrected chi connectivity index (χ3v) is 5.29. The maximum absolute atomic E-state index is 12.2. The predicted octanol–water partition coefficient (Wildman–Crippen LogP) is -0.503. The van der Waals surface area contributed by atoms with Crippen LogP contribution in [0.25, 0.3) is 0 Å². The fourth-order valence-corrected chi connectivity index (χ4v) is 4.15. The standard InChI is InChI=1S/C16H22N2O7/c1-22-9-15(8-19)12-11(23-16(24-12)5-2-3-6-16)13(25-15)18-7-4-10(20)17-14(18)21/h4,7,11-13,19H,2-3,5-6,8-9H2,1H3,(H,17,20,21)/t11-,12+,13-,15+/m1/s1. The highest BCUT2D eigenvalue weighted by Gasteiger charge is 2.65. The number of nitrogens with one attached hydrogen (secondary N) is 1. The number of aliphatic hydroxyl groups excluding tert-OH is 1. The normalized spacial score (nSPS) is 36.2. The van der Waals surface area contributed by atoms with Gasteiger partial charge >= 0.3 is 5.69 Å². The van der Waals surface area contributed by atoms with Gasteiger partial charge in [-0.1, -0.05) is 0 Å². The van der Waals surface area contributed by atoms with Crippen LogP contribution in [0.5, 0.6) is 0 Å². The van der Waals surface area contributed by atoms with Crippen LogP contribution in [0.1, 0.15) is 31.9 Å². The van der Waals surface area contributed by atoms with Gasteiger partial charge in [-0.05, 0) is 12.8 Å². The molecule has 1 aliphatic carbocycles. The van der Waals surface area contributed by atoms with E-state index in [-0.39, 0.29) is 13.2 Å². The Kier molecular flexibility index (Phi) is 4.08. The molecular weight excluding hydrogens is 332 g/mol. The summed E-state index contributed by atoms with van der Waals surface area (Å²) < 4.78 is 25.0. The van der Waals surface area contributed by atoms with Crippen molar-refractivity contribution in [2.24, 2.45) is 0 Å². The first-order valence-corrected chi connectivity index (χ1v) is 8.47. The number of fused-ring (bicyclic) bond motifs is 1. The minimum atomic E-state index is -1.13. The van der Waals surface area contributed by atoms with Crippen LogP contribution in [0.4, 0.5) is 0 Å². The minimum absolute atomic E-state index is 0.0959. The molecule has 1 saturated carbocycles. The van der Waals surface area contributed by atoms with Crippen LogP contribution in [-0.2, 0) is 18.9 Å². The topological polar surface area (TPSA) is 112 Å². The van der Waals surface area contributed by atoms with Gasteiger partial charge in [0.1, 0.15) is 17.8 Å². The highest BCUT2D eigenvalue weighted by Crippen LogP contribution is 2.52. The smallest absolute Gasteiger partial charge is 0.330 e. The number of nitrogens with zero attached hydrogens (tertiary/aromatic N) is 1. The van der Waals surface area contributed by atoms with Crippen LogP contribution in [0.3, 0.4) is 0 Å². The Labute approximate surface area is 143 Å². The van der Waals surface area contributed by atoms with E-state index in [1.165, 1.54) is 23.9 Å². The number of aliphatic hydroxyl groups is 1. The van der Waals surface area contributed by atoms with Crippen molar-refractivity contribution in [2.75, 3.05) is 20.3 Å². The van der Waals surface area contributed by atoms with Gasteiger partial charge in [-0.3, -0.25) is 14.3 Å². The zero-order valence-corrected chi connectivity index (χ0v) is 14.0. The molecule has 2 aliphatic heterocycles. The number of hydrogen-bond acceptors (Lipinski definition) is 7. The van der Waals surface area contributed by atoms with Gasteiger partial charge in [-0.15, -0.1) is 0 Å². The Bertz CT molecular complexity index is 753. The van der Waals surface area contributed by atoms with Crippen molar-refractivity contribution in [3.8, 4) is 0 Å². The third-order valence-electron chi connectivity index (χ3n) is 5.29. The second kappa shape index (κ2) is 6.03. The van der Waals surface area contributed by atoms with Crippen LogP contribution in [-0.4, -0.2) is 58.6 Å². The average Bonchev–Trinajstić information content (AvgIpc) is 3.26. The van der Waals surface area contributed by atoms with Crippen LogP contribution < -0.4 is 11.2 Å². The quantitative estimate of drug-likeness (QED) is 0.749. The van der Waals surface area contributed by atoms with Gasteiger partial charge < -0.3 is 24.1 Å². The molecule has 2 N–H and O–H groups in total. The molecule has 3 heterocycles. The van der Waals surface area contributed by atoms with E-state index >= 15 is 0 Å². The monoisotopic (exact) mass is 354 g/mol. The molecule has 1 aromatic rings. The Hall–Kier alpha value is -1.52. The molecule has 1 spiro atoms. The first-order valence-electron chi connectivity index (χ1n) is 8.47.